The monoisotopic (exact) mass is 370 g/mol. The number of anilines is 2. The molecule has 0 unspecified atom stereocenters. The number of carbonyl (C=O) groups excluding carboxylic acids is 2. The number of rotatable bonds is 6. The van der Waals surface area contributed by atoms with Crippen molar-refractivity contribution < 1.29 is 23.8 Å². The van der Waals surface area contributed by atoms with Crippen LogP contribution in [-0.2, 0) is 9.59 Å². The highest BCUT2D eigenvalue weighted by molar-refractivity contribution is 6.00. The zero-order valence-electron chi connectivity index (χ0n) is 15.5. The largest absolute Gasteiger partial charge is 0.497 e. The number of nitrogens with zero attached hydrogens (tertiary/aromatic N) is 1. The molecule has 7 nitrogen and oxygen atoms in total. The number of ether oxygens (including phenoxy) is 3. The zero-order chi connectivity index (χ0) is 19.4. The Morgan fingerprint density at radius 1 is 1.15 bits per heavy atom. The van der Waals surface area contributed by atoms with E-state index < -0.39 is 6.10 Å². The number of fused-ring (bicyclic) bond motifs is 1. The first-order valence-corrected chi connectivity index (χ1v) is 8.62. The Morgan fingerprint density at radius 2 is 1.81 bits per heavy atom. The fraction of sp³-hybridized carbons (Fsp3) is 0.300. The highest BCUT2D eigenvalue weighted by atomic mass is 16.5. The van der Waals surface area contributed by atoms with Gasteiger partial charge in [0.1, 0.15) is 17.2 Å². The van der Waals surface area contributed by atoms with Gasteiger partial charge in [0.25, 0.3) is 5.91 Å². The van der Waals surface area contributed by atoms with Crippen LogP contribution in [0.3, 0.4) is 0 Å². The smallest absolute Gasteiger partial charge is 0.267 e. The number of carbonyl (C=O) groups is 2. The van der Waals surface area contributed by atoms with Gasteiger partial charge in [0.15, 0.2) is 6.10 Å². The SMILES string of the molecule is COc1cc(NC(=O)CCN2C(=O)[C@H](C)Oc3ccccc32)cc(OC)c1. The van der Waals surface area contributed by atoms with E-state index in [1.54, 1.807) is 44.2 Å². The molecule has 0 saturated heterocycles. The number of hydrogen-bond donors (Lipinski definition) is 1. The van der Waals surface area contributed by atoms with Gasteiger partial charge in [-0.15, -0.1) is 0 Å². The molecule has 2 aromatic carbocycles. The van der Waals surface area contributed by atoms with Crippen molar-refractivity contribution in [2.75, 3.05) is 31.0 Å². The second-order valence-electron chi connectivity index (χ2n) is 6.12. The summed E-state index contributed by atoms with van der Waals surface area (Å²) in [5.41, 5.74) is 1.25. The Hall–Kier alpha value is -3.22. The maximum Gasteiger partial charge on any atom is 0.267 e. The van der Waals surface area contributed by atoms with Gasteiger partial charge in [-0.25, -0.2) is 0 Å². The highest BCUT2D eigenvalue weighted by Gasteiger charge is 2.31. The van der Waals surface area contributed by atoms with Crippen LogP contribution in [0.25, 0.3) is 0 Å². The van der Waals surface area contributed by atoms with Gasteiger partial charge in [-0.05, 0) is 19.1 Å². The van der Waals surface area contributed by atoms with Gasteiger partial charge < -0.3 is 24.4 Å². The number of amides is 2. The van der Waals surface area contributed by atoms with Crippen molar-refractivity contribution in [3.63, 3.8) is 0 Å². The Balaban J connectivity index is 1.68. The number of methoxy groups -OCH3 is 2. The van der Waals surface area contributed by atoms with Crippen LogP contribution in [0.4, 0.5) is 11.4 Å². The summed E-state index contributed by atoms with van der Waals surface area (Å²) in [5, 5.41) is 2.81. The maximum atomic E-state index is 12.5. The fourth-order valence-corrected chi connectivity index (χ4v) is 2.91. The fourth-order valence-electron chi connectivity index (χ4n) is 2.91. The third-order valence-corrected chi connectivity index (χ3v) is 4.27. The van der Waals surface area contributed by atoms with Gasteiger partial charge in [0.2, 0.25) is 5.91 Å². The second kappa shape index (κ2) is 7.99. The molecule has 1 aliphatic rings. The van der Waals surface area contributed by atoms with Crippen molar-refractivity contribution in [1.29, 1.82) is 0 Å². The molecular weight excluding hydrogens is 348 g/mol. The van der Waals surface area contributed by atoms with E-state index >= 15 is 0 Å². The molecule has 142 valence electrons. The van der Waals surface area contributed by atoms with Crippen LogP contribution in [-0.4, -0.2) is 38.7 Å². The molecule has 2 aromatic rings. The molecule has 1 N–H and O–H groups in total. The third-order valence-electron chi connectivity index (χ3n) is 4.27. The number of hydrogen-bond acceptors (Lipinski definition) is 5. The number of benzene rings is 2. The molecule has 2 amide bonds. The van der Waals surface area contributed by atoms with Crippen LogP contribution in [0, 0.1) is 0 Å². The lowest BCUT2D eigenvalue weighted by molar-refractivity contribution is -0.125. The minimum absolute atomic E-state index is 0.145. The summed E-state index contributed by atoms with van der Waals surface area (Å²) in [6, 6.07) is 12.4. The molecule has 0 bridgehead atoms. The van der Waals surface area contributed by atoms with Crippen LogP contribution >= 0.6 is 0 Å². The van der Waals surface area contributed by atoms with Crippen molar-refractivity contribution in [2.45, 2.75) is 19.4 Å². The predicted octanol–water partition coefficient (Wildman–Crippen LogP) is 2.85. The molecule has 0 spiro atoms. The van der Waals surface area contributed by atoms with Gasteiger partial charge in [-0.2, -0.15) is 0 Å². The van der Waals surface area contributed by atoms with Gasteiger partial charge in [0.05, 0.1) is 19.9 Å². The summed E-state index contributed by atoms with van der Waals surface area (Å²) in [6.07, 6.45) is -0.433. The Morgan fingerprint density at radius 3 is 2.48 bits per heavy atom. The first kappa shape index (κ1) is 18.6. The predicted molar refractivity (Wildman–Crippen MR) is 102 cm³/mol. The van der Waals surface area contributed by atoms with Crippen LogP contribution in [0.1, 0.15) is 13.3 Å². The van der Waals surface area contributed by atoms with E-state index in [9.17, 15) is 9.59 Å². The molecule has 0 saturated carbocycles. The number of nitrogens with one attached hydrogen (secondary N) is 1. The first-order chi connectivity index (χ1) is 13.0. The topological polar surface area (TPSA) is 77.1 Å². The molecule has 27 heavy (non-hydrogen) atoms. The van der Waals surface area contributed by atoms with Gasteiger partial charge in [-0.3, -0.25) is 9.59 Å². The maximum absolute atomic E-state index is 12.5. The summed E-state index contributed by atoms with van der Waals surface area (Å²) in [6.45, 7) is 1.96. The van der Waals surface area contributed by atoms with E-state index in [2.05, 4.69) is 5.32 Å². The van der Waals surface area contributed by atoms with E-state index in [0.717, 1.165) is 0 Å². The molecule has 0 aliphatic carbocycles. The summed E-state index contributed by atoms with van der Waals surface area (Å²) in [4.78, 5) is 26.4. The van der Waals surface area contributed by atoms with E-state index in [4.69, 9.17) is 14.2 Å². The molecule has 1 aliphatic heterocycles. The lowest BCUT2D eigenvalue weighted by Crippen LogP contribution is -2.45. The second-order valence-corrected chi connectivity index (χ2v) is 6.12. The average Bonchev–Trinajstić information content (AvgIpc) is 2.68. The van der Waals surface area contributed by atoms with Crippen molar-refractivity contribution in [3.8, 4) is 17.2 Å². The normalized spacial score (nSPS) is 15.6. The molecule has 7 heteroatoms. The van der Waals surface area contributed by atoms with Crippen molar-refractivity contribution >= 4 is 23.2 Å². The third kappa shape index (κ3) is 4.13. The van der Waals surface area contributed by atoms with Crippen LogP contribution < -0.4 is 24.4 Å². The number of para-hydroxylation sites is 2. The van der Waals surface area contributed by atoms with Crippen LogP contribution in [0.15, 0.2) is 42.5 Å². The van der Waals surface area contributed by atoms with E-state index in [1.807, 2.05) is 24.3 Å². The standard InChI is InChI=1S/C20H22N2O5/c1-13-20(24)22(17-6-4-5-7-18(17)27-13)9-8-19(23)21-14-10-15(25-2)12-16(11-14)26-3/h4-7,10-13H,8-9H2,1-3H3,(H,21,23)/t13-/m0/s1. The van der Waals surface area contributed by atoms with E-state index in [1.165, 1.54) is 0 Å². The van der Waals surface area contributed by atoms with Crippen LogP contribution in [0.5, 0.6) is 17.2 Å². The average molecular weight is 370 g/mol. The van der Waals surface area contributed by atoms with Crippen LogP contribution in [0.2, 0.25) is 0 Å². The Kier molecular flexibility index (Phi) is 5.49. The summed E-state index contributed by atoms with van der Waals surface area (Å²) < 4.78 is 16.0. The summed E-state index contributed by atoms with van der Waals surface area (Å²) >= 11 is 0. The lowest BCUT2D eigenvalue weighted by atomic mass is 10.1. The minimum atomic E-state index is -0.578. The summed E-state index contributed by atoms with van der Waals surface area (Å²) in [7, 11) is 3.09. The van der Waals surface area contributed by atoms with Crippen molar-refractivity contribution in [3.05, 3.63) is 42.5 Å². The molecule has 0 fully saturated rings. The molecule has 1 heterocycles. The zero-order valence-corrected chi connectivity index (χ0v) is 15.5. The van der Waals surface area contributed by atoms with Crippen molar-refractivity contribution in [1.82, 2.24) is 0 Å². The molecule has 0 radical (unpaired) electrons. The quantitative estimate of drug-likeness (QED) is 0.846. The molecule has 3 rings (SSSR count). The molecule has 1 atom stereocenters. The Bertz CT molecular complexity index is 830. The minimum Gasteiger partial charge on any atom is -0.497 e. The lowest BCUT2D eigenvalue weighted by Gasteiger charge is -2.32. The van der Waals surface area contributed by atoms with Gasteiger partial charge in [0, 0.05) is 36.9 Å². The Labute approximate surface area is 157 Å². The molecular formula is C20H22N2O5. The molecule has 0 aromatic heterocycles. The van der Waals surface area contributed by atoms with Gasteiger partial charge in [-0.1, -0.05) is 12.1 Å². The van der Waals surface area contributed by atoms with E-state index in [0.29, 0.717) is 28.6 Å². The first-order valence-electron chi connectivity index (χ1n) is 8.62. The van der Waals surface area contributed by atoms with Gasteiger partial charge >= 0.3 is 0 Å². The van der Waals surface area contributed by atoms with Crippen molar-refractivity contribution in [2.24, 2.45) is 0 Å². The highest BCUT2D eigenvalue weighted by Crippen LogP contribution is 2.33. The van der Waals surface area contributed by atoms with E-state index in [-0.39, 0.29) is 24.8 Å². The summed E-state index contributed by atoms with van der Waals surface area (Å²) in [5.74, 6) is 1.42.